The first kappa shape index (κ1) is 17.0. The standard InChI is InChI=1S/C16H24N2O3/c1-5-12-6-8-13(9-7-12)18(4)15(21)17-16(2,3)11-10-14(19)20/h6-9H,5,10-11H2,1-4H3,(H,17,21)(H,19,20). The Morgan fingerprint density at radius 3 is 2.29 bits per heavy atom. The van der Waals surface area contributed by atoms with Crippen LogP contribution in [0.4, 0.5) is 10.5 Å². The molecule has 1 aromatic rings. The molecule has 5 heteroatoms. The number of carbonyl (C=O) groups is 2. The molecule has 0 radical (unpaired) electrons. The van der Waals surface area contributed by atoms with Crippen molar-refractivity contribution in [2.45, 2.75) is 45.6 Å². The second-order valence-corrected chi connectivity index (χ2v) is 5.79. The molecule has 0 aliphatic rings. The predicted octanol–water partition coefficient (Wildman–Crippen LogP) is 3.04. The first-order valence-electron chi connectivity index (χ1n) is 7.12. The number of nitrogens with zero attached hydrogens (tertiary/aromatic N) is 1. The molecule has 0 bridgehead atoms. The molecule has 2 amide bonds. The smallest absolute Gasteiger partial charge is 0.322 e. The zero-order valence-corrected chi connectivity index (χ0v) is 13.1. The van der Waals surface area contributed by atoms with E-state index in [4.69, 9.17) is 5.11 Å². The average molecular weight is 292 g/mol. The van der Waals surface area contributed by atoms with Crippen molar-refractivity contribution >= 4 is 17.7 Å². The van der Waals surface area contributed by atoms with Crippen LogP contribution < -0.4 is 10.2 Å². The molecule has 0 saturated carbocycles. The molecule has 5 nitrogen and oxygen atoms in total. The minimum Gasteiger partial charge on any atom is -0.481 e. The van der Waals surface area contributed by atoms with Crippen LogP contribution in [0.1, 0.15) is 39.2 Å². The van der Waals surface area contributed by atoms with Gasteiger partial charge < -0.3 is 10.4 Å². The number of urea groups is 1. The van der Waals surface area contributed by atoms with Gasteiger partial charge in [-0.1, -0.05) is 19.1 Å². The molecular weight excluding hydrogens is 268 g/mol. The number of hydrogen-bond donors (Lipinski definition) is 2. The quantitative estimate of drug-likeness (QED) is 0.846. The lowest BCUT2D eigenvalue weighted by molar-refractivity contribution is -0.137. The van der Waals surface area contributed by atoms with E-state index in [-0.39, 0.29) is 12.5 Å². The van der Waals surface area contributed by atoms with E-state index in [1.54, 1.807) is 7.05 Å². The Morgan fingerprint density at radius 2 is 1.81 bits per heavy atom. The third kappa shape index (κ3) is 5.45. The summed E-state index contributed by atoms with van der Waals surface area (Å²) in [6, 6.07) is 7.56. The Balaban J connectivity index is 2.66. The van der Waals surface area contributed by atoms with Crippen LogP contribution in [-0.2, 0) is 11.2 Å². The number of nitrogens with one attached hydrogen (secondary N) is 1. The number of benzene rings is 1. The Morgan fingerprint density at radius 1 is 1.24 bits per heavy atom. The van der Waals surface area contributed by atoms with Crippen molar-refractivity contribution in [1.29, 1.82) is 0 Å². The summed E-state index contributed by atoms with van der Waals surface area (Å²) in [6.45, 7) is 5.72. The summed E-state index contributed by atoms with van der Waals surface area (Å²) >= 11 is 0. The van der Waals surface area contributed by atoms with Gasteiger partial charge in [0.1, 0.15) is 0 Å². The molecule has 0 heterocycles. The van der Waals surface area contributed by atoms with Crippen molar-refractivity contribution in [3.8, 4) is 0 Å². The number of aliphatic carboxylic acids is 1. The van der Waals surface area contributed by atoms with E-state index in [1.165, 1.54) is 10.5 Å². The Labute approximate surface area is 126 Å². The number of rotatable bonds is 6. The zero-order valence-electron chi connectivity index (χ0n) is 13.1. The van der Waals surface area contributed by atoms with E-state index < -0.39 is 11.5 Å². The summed E-state index contributed by atoms with van der Waals surface area (Å²) in [5, 5.41) is 11.6. The highest BCUT2D eigenvalue weighted by atomic mass is 16.4. The van der Waals surface area contributed by atoms with Crippen LogP contribution in [-0.4, -0.2) is 29.7 Å². The molecule has 0 unspecified atom stereocenters. The molecule has 0 aliphatic carbocycles. The fourth-order valence-electron chi connectivity index (χ4n) is 1.93. The Hall–Kier alpha value is -2.04. The van der Waals surface area contributed by atoms with E-state index in [2.05, 4.69) is 12.2 Å². The maximum atomic E-state index is 12.2. The monoisotopic (exact) mass is 292 g/mol. The highest BCUT2D eigenvalue weighted by Gasteiger charge is 2.23. The molecular formula is C16H24N2O3. The van der Waals surface area contributed by atoms with Gasteiger partial charge in [0.05, 0.1) is 0 Å². The molecule has 0 aromatic heterocycles. The molecule has 1 rings (SSSR count). The van der Waals surface area contributed by atoms with Gasteiger partial charge in [-0.3, -0.25) is 9.69 Å². The first-order valence-corrected chi connectivity index (χ1v) is 7.12. The van der Waals surface area contributed by atoms with Crippen molar-refractivity contribution in [1.82, 2.24) is 5.32 Å². The SMILES string of the molecule is CCc1ccc(N(C)C(=O)NC(C)(C)CCC(=O)O)cc1. The third-order valence-corrected chi connectivity index (χ3v) is 3.45. The van der Waals surface area contributed by atoms with Crippen molar-refractivity contribution in [2.75, 3.05) is 11.9 Å². The first-order chi connectivity index (χ1) is 9.75. The molecule has 0 spiro atoms. The largest absolute Gasteiger partial charge is 0.481 e. The Bertz CT molecular complexity index is 495. The number of aryl methyl sites for hydroxylation is 1. The molecule has 2 N–H and O–H groups in total. The van der Waals surface area contributed by atoms with Crippen LogP contribution >= 0.6 is 0 Å². The van der Waals surface area contributed by atoms with Gasteiger partial charge in [0.15, 0.2) is 0 Å². The number of carbonyl (C=O) groups excluding carboxylic acids is 1. The summed E-state index contributed by atoms with van der Waals surface area (Å²) in [4.78, 5) is 24.4. The Kier molecular flexibility index (Phi) is 5.76. The summed E-state index contributed by atoms with van der Waals surface area (Å²) in [7, 11) is 1.70. The molecule has 0 saturated heterocycles. The second-order valence-electron chi connectivity index (χ2n) is 5.79. The molecule has 116 valence electrons. The van der Waals surface area contributed by atoms with Gasteiger partial charge >= 0.3 is 12.0 Å². The van der Waals surface area contributed by atoms with Crippen LogP contribution in [0.3, 0.4) is 0 Å². The van der Waals surface area contributed by atoms with Crippen molar-refractivity contribution in [2.24, 2.45) is 0 Å². The van der Waals surface area contributed by atoms with E-state index in [1.807, 2.05) is 38.1 Å². The maximum Gasteiger partial charge on any atom is 0.322 e. The fourth-order valence-corrected chi connectivity index (χ4v) is 1.93. The number of carboxylic acid groups (broad SMARTS) is 1. The van der Waals surface area contributed by atoms with Gasteiger partial charge in [-0.2, -0.15) is 0 Å². The van der Waals surface area contributed by atoms with E-state index in [9.17, 15) is 9.59 Å². The van der Waals surface area contributed by atoms with Crippen molar-refractivity contribution in [3.05, 3.63) is 29.8 Å². The minimum absolute atomic E-state index is 0.0300. The lowest BCUT2D eigenvalue weighted by atomic mass is 9.99. The number of anilines is 1. The average Bonchev–Trinajstić information content (AvgIpc) is 2.44. The number of amides is 2. The van der Waals surface area contributed by atoms with Crippen molar-refractivity contribution in [3.63, 3.8) is 0 Å². The normalized spacial score (nSPS) is 11.0. The van der Waals surface area contributed by atoms with Gasteiger partial charge in [-0.25, -0.2) is 4.79 Å². The molecule has 0 aliphatic heterocycles. The van der Waals surface area contributed by atoms with Gasteiger partial charge in [-0.05, 0) is 44.4 Å². The summed E-state index contributed by atoms with van der Waals surface area (Å²) in [6.07, 6.45) is 1.37. The third-order valence-electron chi connectivity index (χ3n) is 3.45. The van der Waals surface area contributed by atoms with Gasteiger partial charge in [-0.15, -0.1) is 0 Å². The number of carboxylic acids is 1. The molecule has 21 heavy (non-hydrogen) atoms. The summed E-state index contributed by atoms with van der Waals surface area (Å²) in [5.74, 6) is -0.860. The van der Waals surface area contributed by atoms with Crippen LogP contribution in [0.15, 0.2) is 24.3 Å². The topological polar surface area (TPSA) is 69.6 Å². The molecule has 0 fully saturated rings. The van der Waals surface area contributed by atoms with E-state index in [0.717, 1.165) is 12.1 Å². The predicted molar refractivity (Wildman–Crippen MR) is 83.7 cm³/mol. The lowest BCUT2D eigenvalue weighted by Gasteiger charge is -2.29. The van der Waals surface area contributed by atoms with Gasteiger partial charge in [0.2, 0.25) is 0 Å². The van der Waals surface area contributed by atoms with Crippen LogP contribution in [0.25, 0.3) is 0 Å². The summed E-state index contributed by atoms with van der Waals surface area (Å²) < 4.78 is 0. The zero-order chi connectivity index (χ0) is 16.0. The van der Waals surface area contributed by atoms with Crippen LogP contribution in [0, 0.1) is 0 Å². The van der Waals surface area contributed by atoms with E-state index in [0.29, 0.717) is 6.42 Å². The highest BCUT2D eigenvalue weighted by Crippen LogP contribution is 2.17. The fraction of sp³-hybridized carbons (Fsp3) is 0.500. The second kappa shape index (κ2) is 7.11. The molecule has 1 aromatic carbocycles. The summed E-state index contributed by atoms with van der Waals surface area (Å²) in [5.41, 5.74) is 1.46. The minimum atomic E-state index is -0.860. The lowest BCUT2D eigenvalue weighted by Crippen LogP contribution is -2.49. The van der Waals surface area contributed by atoms with Crippen LogP contribution in [0.2, 0.25) is 0 Å². The maximum absolute atomic E-state index is 12.2. The van der Waals surface area contributed by atoms with Crippen LogP contribution in [0.5, 0.6) is 0 Å². The highest BCUT2D eigenvalue weighted by molar-refractivity contribution is 5.91. The molecule has 0 atom stereocenters. The number of hydrogen-bond acceptors (Lipinski definition) is 2. The van der Waals surface area contributed by atoms with Gasteiger partial charge in [0, 0.05) is 24.7 Å². The van der Waals surface area contributed by atoms with Crippen molar-refractivity contribution < 1.29 is 14.7 Å². The van der Waals surface area contributed by atoms with E-state index >= 15 is 0 Å². The van der Waals surface area contributed by atoms with Gasteiger partial charge in [0.25, 0.3) is 0 Å².